The Bertz CT molecular complexity index is 758. The van der Waals surface area contributed by atoms with E-state index in [2.05, 4.69) is 10.2 Å². The van der Waals surface area contributed by atoms with Gasteiger partial charge in [-0.1, -0.05) is 12.1 Å². The molecule has 2 atom stereocenters. The molecule has 120 valence electrons. The second kappa shape index (κ2) is 5.26. The van der Waals surface area contributed by atoms with E-state index in [1.807, 2.05) is 42.7 Å². The molecular formula is C16H18N4O3. The van der Waals surface area contributed by atoms with E-state index < -0.39 is 6.10 Å². The Kier molecular flexibility index (Phi) is 3.21. The lowest BCUT2D eigenvalue weighted by atomic mass is 10.1. The van der Waals surface area contributed by atoms with E-state index in [0.717, 1.165) is 11.6 Å². The van der Waals surface area contributed by atoms with Crippen molar-refractivity contribution in [1.29, 1.82) is 0 Å². The summed E-state index contributed by atoms with van der Waals surface area (Å²) in [5.74, 6) is 2.91. The number of rotatable bonds is 1. The number of nitrogens with zero attached hydrogens (tertiary/aromatic N) is 4. The summed E-state index contributed by atoms with van der Waals surface area (Å²) >= 11 is 0. The van der Waals surface area contributed by atoms with Crippen LogP contribution in [0.2, 0.25) is 0 Å². The van der Waals surface area contributed by atoms with Crippen LogP contribution in [0.15, 0.2) is 24.3 Å². The smallest absolute Gasteiger partial charge is 0.268 e. The van der Waals surface area contributed by atoms with Crippen LogP contribution in [0.1, 0.15) is 18.6 Å². The molecule has 0 bridgehead atoms. The number of hydrogen-bond acceptors (Lipinski definition) is 5. The molecule has 7 heteroatoms. The highest BCUT2D eigenvalue weighted by Crippen LogP contribution is 2.34. The van der Waals surface area contributed by atoms with Gasteiger partial charge in [-0.2, -0.15) is 0 Å². The maximum absolute atomic E-state index is 12.9. The number of para-hydroxylation sites is 2. The van der Waals surface area contributed by atoms with Gasteiger partial charge in [0.1, 0.15) is 11.9 Å². The molecule has 0 radical (unpaired) electrons. The lowest BCUT2D eigenvalue weighted by Gasteiger charge is -2.35. The first-order chi connectivity index (χ1) is 11.1. The maximum atomic E-state index is 12.9. The molecule has 2 aliphatic rings. The average molecular weight is 314 g/mol. The minimum atomic E-state index is -0.638. The molecule has 4 rings (SSSR count). The molecule has 1 aromatic carbocycles. The van der Waals surface area contributed by atoms with Crippen molar-refractivity contribution < 1.29 is 14.3 Å². The molecule has 0 unspecified atom stereocenters. The van der Waals surface area contributed by atoms with Gasteiger partial charge in [0, 0.05) is 13.1 Å². The minimum absolute atomic E-state index is 0.0705. The lowest BCUT2D eigenvalue weighted by Crippen LogP contribution is -2.52. The number of ether oxygens (including phenoxy) is 2. The molecule has 1 amide bonds. The number of benzene rings is 1. The fraction of sp³-hybridized carbons (Fsp3) is 0.438. The zero-order valence-electron chi connectivity index (χ0n) is 13.1. The highest BCUT2D eigenvalue weighted by atomic mass is 16.6. The van der Waals surface area contributed by atoms with Gasteiger partial charge in [-0.25, -0.2) is 0 Å². The van der Waals surface area contributed by atoms with Crippen molar-refractivity contribution in [1.82, 2.24) is 19.7 Å². The largest absolute Gasteiger partial charge is 0.482 e. The first-order valence-corrected chi connectivity index (χ1v) is 7.73. The van der Waals surface area contributed by atoms with E-state index in [9.17, 15) is 4.79 Å². The summed E-state index contributed by atoms with van der Waals surface area (Å²) in [6.07, 6.45) is -0.973. The molecule has 1 aromatic heterocycles. The molecule has 3 heterocycles. The molecule has 0 saturated carbocycles. The Hall–Kier alpha value is -2.57. The van der Waals surface area contributed by atoms with Gasteiger partial charge in [0.2, 0.25) is 6.10 Å². The molecule has 0 N–H and O–H groups in total. The Labute approximate surface area is 133 Å². The van der Waals surface area contributed by atoms with Gasteiger partial charge >= 0.3 is 0 Å². The van der Waals surface area contributed by atoms with Crippen LogP contribution < -0.4 is 9.47 Å². The second-order valence-electron chi connectivity index (χ2n) is 5.88. The van der Waals surface area contributed by atoms with E-state index in [-0.39, 0.29) is 12.0 Å². The van der Waals surface area contributed by atoms with Crippen LogP contribution in [-0.2, 0) is 17.9 Å². The normalized spacial score (nSPS) is 22.6. The van der Waals surface area contributed by atoms with E-state index in [0.29, 0.717) is 31.1 Å². The Morgan fingerprint density at radius 1 is 1.17 bits per heavy atom. The average Bonchev–Trinajstić information content (AvgIpc) is 2.94. The van der Waals surface area contributed by atoms with E-state index in [4.69, 9.17) is 9.47 Å². The summed E-state index contributed by atoms with van der Waals surface area (Å²) in [6.45, 7) is 5.56. The van der Waals surface area contributed by atoms with Crippen molar-refractivity contribution in [2.75, 3.05) is 6.54 Å². The molecule has 0 aliphatic carbocycles. The number of hydrogen-bond donors (Lipinski definition) is 0. The summed E-state index contributed by atoms with van der Waals surface area (Å²) in [4.78, 5) is 14.6. The van der Waals surface area contributed by atoms with Crippen molar-refractivity contribution in [3.63, 3.8) is 0 Å². The third-order valence-electron chi connectivity index (χ3n) is 4.34. The quantitative estimate of drug-likeness (QED) is 0.790. The van der Waals surface area contributed by atoms with Crippen LogP contribution in [0, 0.1) is 6.92 Å². The van der Waals surface area contributed by atoms with Gasteiger partial charge in [0.05, 0.1) is 6.54 Å². The van der Waals surface area contributed by atoms with Crippen LogP contribution in [-0.4, -0.2) is 44.3 Å². The van der Waals surface area contributed by atoms with E-state index >= 15 is 0 Å². The van der Waals surface area contributed by atoms with Gasteiger partial charge in [-0.05, 0) is 26.0 Å². The van der Waals surface area contributed by atoms with Crippen molar-refractivity contribution in [3.8, 4) is 11.5 Å². The third-order valence-corrected chi connectivity index (χ3v) is 4.34. The Morgan fingerprint density at radius 3 is 2.70 bits per heavy atom. The molecule has 7 nitrogen and oxygen atoms in total. The third kappa shape index (κ3) is 2.32. The molecule has 2 aliphatic heterocycles. The number of amides is 1. The summed E-state index contributed by atoms with van der Waals surface area (Å²) in [5.41, 5.74) is 0. The standard InChI is InChI=1S/C16H18N4O3/c1-10-15(23-13-6-4-3-5-12(13)22-10)16(21)19-7-8-20-11(2)17-18-14(20)9-19/h3-6,10,15H,7-9H2,1-2H3/t10-,15+/m1/s1. The number of aromatic nitrogens is 3. The number of fused-ring (bicyclic) bond motifs is 2. The van der Waals surface area contributed by atoms with Crippen LogP contribution in [0.5, 0.6) is 11.5 Å². The van der Waals surface area contributed by atoms with Crippen molar-refractivity contribution in [3.05, 3.63) is 35.9 Å². The second-order valence-corrected chi connectivity index (χ2v) is 5.88. The summed E-state index contributed by atoms with van der Waals surface area (Å²) < 4.78 is 13.8. The Balaban J connectivity index is 1.54. The summed E-state index contributed by atoms with van der Waals surface area (Å²) in [7, 11) is 0. The van der Waals surface area contributed by atoms with Crippen LogP contribution >= 0.6 is 0 Å². The molecule has 0 spiro atoms. The van der Waals surface area contributed by atoms with Crippen molar-refractivity contribution in [2.45, 2.75) is 39.1 Å². The SMILES string of the molecule is Cc1nnc2n1CCN(C(=O)[C@H]1Oc3ccccc3O[C@@H]1C)C2. The monoisotopic (exact) mass is 314 g/mol. The molecular weight excluding hydrogens is 296 g/mol. The van der Waals surface area contributed by atoms with Gasteiger partial charge in [0.25, 0.3) is 5.91 Å². The van der Waals surface area contributed by atoms with Gasteiger partial charge in [-0.15, -0.1) is 10.2 Å². The molecule has 0 fully saturated rings. The summed E-state index contributed by atoms with van der Waals surface area (Å²) in [5, 5.41) is 8.20. The Morgan fingerprint density at radius 2 is 1.91 bits per heavy atom. The molecule has 23 heavy (non-hydrogen) atoms. The zero-order chi connectivity index (χ0) is 16.0. The zero-order valence-corrected chi connectivity index (χ0v) is 13.1. The maximum Gasteiger partial charge on any atom is 0.268 e. The minimum Gasteiger partial charge on any atom is -0.482 e. The fourth-order valence-electron chi connectivity index (χ4n) is 3.06. The molecule has 2 aromatic rings. The predicted octanol–water partition coefficient (Wildman–Crippen LogP) is 1.16. The predicted molar refractivity (Wildman–Crippen MR) is 81.1 cm³/mol. The van der Waals surface area contributed by atoms with Crippen molar-refractivity contribution in [2.24, 2.45) is 0 Å². The van der Waals surface area contributed by atoms with Crippen LogP contribution in [0.3, 0.4) is 0 Å². The van der Waals surface area contributed by atoms with Gasteiger partial charge in [0.15, 0.2) is 17.3 Å². The van der Waals surface area contributed by atoms with E-state index in [1.165, 1.54) is 0 Å². The topological polar surface area (TPSA) is 69.5 Å². The highest BCUT2D eigenvalue weighted by molar-refractivity contribution is 5.82. The van der Waals surface area contributed by atoms with Gasteiger partial charge < -0.3 is 18.9 Å². The molecule has 0 saturated heterocycles. The van der Waals surface area contributed by atoms with Gasteiger partial charge in [-0.3, -0.25) is 4.79 Å². The summed E-state index contributed by atoms with van der Waals surface area (Å²) in [6, 6.07) is 7.42. The number of carbonyl (C=O) groups is 1. The van der Waals surface area contributed by atoms with Crippen LogP contribution in [0.4, 0.5) is 0 Å². The first kappa shape index (κ1) is 14.0. The highest BCUT2D eigenvalue weighted by Gasteiger charge is 2.38. The fourth-order valence-corrected chi connectivity index (χ4v) is 3.06. The first-order valence-electron chi connectivity index (χ1n) is 7.73. The van der Waals surface area contributed by atoms with E-state index in [1.54, 1.807) is 4.90 Å². The number of carbonyl (C=O) groups excluding carboxylic acids is 1. The number of aryl methyl sites for hydroxylation is 1. The van der Waals surface area contributed by atoms with Crippen molar-refractivity contribution >= 4 is 5.91 Å². The lowest BCUT2D eigenvalue weighted by molar-refractivity contribution is -0.146. The van der Waals surface area contributed by atoms with Crippen LogP contribution in [0.25, 0.3) is 0 Å².